The van der Waals surface area contributed by atoms with E-state index in [1.807, 2.05) is 0 Å². The van der Waals surface area contributed by atoms with Gasteiger partial charge in [-0.15, -0.1) is 11.3 Å². The summed E-state index contributed by atoms with van der Waals surface area (Å²) in [6, 6.07) is 0. The molecule has 1 fully saturated rings. The molecule has 136 valence electrons. The molecular formula is C17H31N5OS. The maximum absolute atomic E-state index is 5.37. The predicted octanol–water partition coefficient (Wildman–Crippen LogP) is 1.58. The highest BCUT2D eigenvalue weighted by atomic mass is 32.1. The van der Waals surface area contributed by atoms with Gasteiger partial charge >= 0.3 is 0 Å². The maximum Gasteiger partial charge on any atom is 0.191 e. The minimum atomic E-state index is 0.853. The number of aryl methyl sites for hydroxylation is 2. The smallest absolute Gasteiger partial charge is 0.191 e. The lowest BCUT2D eigenvalue weighted by atomic mass is 10.3. The molecule has 0 unspecified atom stereocenters. The van der Waals surface area contributed by atoms with Crippen molar-refractivity contribution < 1.29 is 4.74 Å². The molecule has 0 bridgehead atoms. The molecule has 2 heterocycles. The Morgan fingerprint density at radius 3 is 2.75 bits per heavy atom. The number of thiazole rings is 1. The van der Waals surface area contributed by atoms with E-state index in [-0.39, 0.29) is 0 Å². The summed E-state index contributed by atoms with van der Waals surface area (Å²) in [6.45, 7) is 13.8. The van der Waals surface area contributed by atoms with E-state index in [4.69, 9.17) is 4.74 Å². The first-order valence-corrected chi connectivity index (χ1v) is 9.76. The first-order valence-electron chi connectivity index (χ1n) is 8.94. The van der Waals surface area contributed by atoms with Gasteiger partial charge in [0.25, 0.3) is 0 Å². The third-order valence-corrected chi connectivity index (χ3v) is 5.13. The number of guanidine groups is 1. The van der Waals surface area contributed by atoms with Crippen molar-refractivity contribution in [3.8, 4) is 0 Å². The van der Waals surface area contributed by atoms with E-state index in [1.165, 1.54) is 4.88 Å². The number of rotatable bonds is 8. The van der Waals surface area contributed by atoms with Crippen LogP contribution in [0.4, 0.5) is 0 Å². The largest absolute Gasteiger partial charge is 0.379 e. The van der Waals surface area contributed by atoms with E-state index in [1.54, 1.807) is 11.3 Å². The van der Waals surface area contributed by atoms with E-state index < -0.39 is 0 Å². The van der Waals surface area contributed by atoms with Gasteiger partial charge in [0.1, 0.15) is 0 Å². The summed E-state index contributed by atoms with van der Waals surface area (Å²) in [4.78, 5) is 13.0. The minimum absolute atomic E-state index is 0.853. The Bertz CT molecular complexity index is 511. The molecule has 1 aliphatic heterocycles. The van der Waals surface area contributed by atoms with Crippen LogP contribution in [0.15, 0.2) is 4.99 Å². The highest BCUT2D eigenvalue weighted by molar-refractivity contribution is 7.11. The zero-order chi connectivity index (χ0) is 17.2. The average Bonchev–Trinajstić information content (AvgIpc) is 2.90. The highest BCUT2D eigenvalue weighted by Gasteiger charge is 2.09. The van der Waals surface area contributed by atoms with Crippen LogP contribution < -0.4 is 10.6 Å². The standard InChI is InChI=1S/C17H31N5OS/c1-4-18-17(19-7-5-9-22-10-12-23-13-11-22)20-8-6-16-14(2)21-15(3)24-16/h4-13H2,1-3H3,(H2,18,19,20). The number of aromatic nitrogens is 1. The van der Waals surface area contributed by atoms with E-state index in [0.717, 1.165) is 82.0 Å². The van der Waals surface area contributed by atoms with E-state index in [9.17, 15) is 0 Å². The second-order valence-corrected chi connectivity index (χ2v) is 7.27. The summed E-state index contributed by atoms with van der Waals surface area (Å²) < 4.78 is 5.37. The van der Waals surface area contributed by atoms with Gasteiger partial charge < -0.3 is 15.4 Å². The van der Waals surface area contributed by atoms with E-state index in [2.05, 4.69) is 46.3 Å². The first kappa shape index (κ1) is 19.1. The van der Waals surface area contributed by atoms with E-state index >= 15 is 0 Å². The number of ether oxygens (including phenoxy) is 1. The van der Waals surface area contributed by atoms with Crippen LogP contribution in [0.25, 0.3) is 0 Å². The highest BCUT2D eigenvalue weighted by Crippen LogP contribution is 2.16. The quantitative estimate of drug-likeness (QED) is 0.422. The van der Waals surface area contributed by atoms with Crippen molar-refractivity contribution in [3.05, 3.63) is 15.6 Å². The molecule has 1 aromatic rings. The lowest BCUT2D eigenvalue weighted by Crippen LogP contribution is -2.39. The molecule has 0 spiro atoms. The van der Waals surface area contributed by atoms with Gasteiger partial charge in [0, 0.05) is 50.6 Å². The third-order valence-electron chi connectivity index (χ3n) is 3.99. The van der Waals surface area contributed by atoms with Crippen molar-refractivity contribution in [1.29, 1.82) is 0 Å². The van der Waals surface area contributed by atoms with Gasteiger partial charge in [-0.05, 0) is 27.2 Å². The summed E-state index contributed by atoms with van der Waals surface area (Å²) in [5, 5.41) is 7.89. The maximum atomic E-state index is 5.37. The van der Waals surface area contributed by atoms with Crippen molar-refractivity contribution in [2.24, 2.45) is 4.99 Å². The van der Waals surface area contributed by atoms with Crippen LogP contribution in [0.1, 0.15) is 28.9 Å². The SMILES string of the molecule is CCNC(=NCCCN1CCOCC1)NCCc1sc(C)nc1C. The molecule has 0 radical (unpaired) electrons. The Balaban J connectivity index is 1.68. The summed E-state index contributed by atoms with van der Waals surface area (Å²) in [5.41, 5.74) is 1.16. The normalized spacial score (nSPS) is 16.4. The van der Waals surface area contributed by atoms with Crippen LogP contribution in [0.3, 0.4) is 0 Å². The molecule has 0 aromatic carbocycles. The zero-order valence-corrected chi connectivity index (χ0v) is 16.0. The first-order chi connectivity index (χ1) is 11.7. The average molecular weight is 354 g/mol. The van der Waals surface area contributed by atoms with Crippen molar-refractivity contribution in [1.82, 2.24) is 20.5 Å². The molecule has 7 heteroatoms. The van der Waals surface area contributed by atoms with E-state index in [0.29, 0.717) is 0 Å². The van der Waals surface area contributed by atoms with Crippen LogP contribution >= 0.6 is 11.3 Å². The van der Waals surface area contributed by atoms with Crippen LogP contribution in [-0.4, -0.2) is 68.3 Å². The second kappa shape index (κ2) is 10.6. The molecule has 24 heavy (non-hydrogen) atoms. The molecule has 0 atom stereocenters. The van der Waals surface area contributed by atoms with Gasteiger partial charge in [-0.25, -0.2) is 4.98 Å². The van der Waals surface area contributed by atoms with Crippen molar-refractivity contribution in [2.45, 2.75) is 33.6 Å². The molecule has 1 saturated heterocycles. The minimum Gasteiger partial charge on any atom is -0.379 e. The summed E-state index contributed by atoms with van der Waals surface area (Å²) in [5.74, 6) is 0.915. The van der Waals surface area contributed by atoms with Crippen LogP contribution in [0.2, 0.25) is 0 Å². The number of nitrogens with zero attached hydrogens (tertiary/aromatic N) is 3. The summed E-state index contributed by atoms with van der Waals surface area (Å²) in [7, 11) is 0. The number of hydrogen-bond acceptors (Lipinski definition) is 5. The summed E-state index contributed by atoms with van der Waals surface area (Å²) in [6.07, 6.45) is 2.08. The molecule has 1 aliphatic rings. The lowest BCUT2D eigenvalue weighted by Gasteiger charge is -2.26. The Morgan fingerprint density at radius 1 is 1.29 bits per heavy atom. The Kier molecular flexibility index (Phi) is 8.49. The van der Waals surface area contributed by atoms with Crippen LogP contribution in [0.5, 0.6) is 0 Å². The van der Waals surface area contributed by atoms with Gasteiger partial charge in [-0.3, -0.25) is 9.89 Å². The van der Waals surface area contributed by atoms with Gasteiger partial charge in [0.05, 0.1) is 23.9 Å². The molecule has 0 saturated carbocycles. The number of nitrogens with one attached hydrogen (secondary N) is 2. The fraction of sp³-hybridized carbons (Fsp3) is 0.765. The summed E-state index contributed by atoms with van der Waals surface area (Å²) >= 11 is 1.79. The van der Waals surface area contributed by atoms with Crippen LogP contribution in [-0.2, 0) is 11.2 Å². The monoisotopic (exact) mass is 353 g/mol. The Morgan fingerprint density at radius 2 is 2.08 bits per heavy atom. The van der Waals surface area contributed by atoms with Gasteiger partial charge in [0.15, 0.2) is 5.96 Å². The topological polar surface area (TPSA) is 61.8 Å². The molecule has 2 N–H and O–H groups in total. The third kappa shape index (κ3) is 6.75. The Labute approximate surface area is 149 Å². The fourth-order valence-electron chi connectivity index (χ4n) is 2.75. The fourth-order valence-corrected chi connectivity index (χ4v) is 3.69. The molecule has 0 aliphatic carbocycles. The van der Waals surface area contributed by atoms with Crippen molar-refractivity contribution in [2.75, 3.05) is 52.5 Å². The van der Waals surface area contributed by atoms with Gasteiger partial charge in [-0.2, -0.15) is 0 Å². The predicted molar refractivity (Wildman–Crippen MR) is 101 cm³/mol. The van der Waals surface area contributed by atoms with Crippen LogP contribution in [0, 0.1) is 13.8 Å². The lowest BCUT2D eigenvalue weighted by molar-refractivity contribution is 0.0377. The van der Waals surface area contributed by atoms with Crippen molar-refractivity contribution >= 4 is 17.3 Å². The molecule has 0 amide bonds. The zero-order valence-electron chi connectivity index (χ0n) is 15.2. The number of aliphatic imine (C=N–C) groups is 1. The number of morpholine rings is 1. The van der Waals surface area contributed by atoms with Gasteiger partial charge in [0.2, 0.25) is 0 Å². The van der Waals surface area contributed by atoms with Gasteiger partial charge in [-0.1, -0.05) is 0 Å². The van der Waals surface area contributed by atoms with Crippen molar-refractivity contribution in [3.63, 3.8) is 0 Å². The molecule has 1 aromatic heterocycles. The molecular weight excluding hydrogens is 322 g/mol. The molecule has 2 rings (SSSR count). The number of hydrogen-bond donors (Lipinski definition) is 2. The Hall–Kier alpha value is -1.18. The molecule has 6 nitrogen and oxygen atoms in total. The second-order valence-electron chi connectivity index (χ2n) is 5.99.